The minimum Gasteiger partial charge on any atom is -0.370 e. The Hall–Kier alpha value is -1.32. The molecule has 0 spiro atoms. The highest BCUT2D eigenvalue weighted by Crippen LogP contribution is 2.36. The molecule has 1 aromatic rings. The number of aryl methyl sites for hydroxylation is 1. The van der Waals surface area contributed by atoms with E-state index in [1.54, 1.807) is 0 Å². The summed E-state index contributed by atoms with van der Waals surface area (Å²) in [5, 5.41) is 7.10. The molecule has 1 heterocycles. The lowest BCUT2D eigenvalue weighted by atomic mass is 9.93. The maximum absolute atomic E-state index is 4.63. The highest BCUT2D eigenvalue weighted by molar-refractivity contribution is 5.57. The van der Waals surface area contributed by atoms with Gasteiger partial charge in [-0.1, -0.05) is 27.2 Å². The van der Waals surface area contributed by atoms with Crippen LogP contribution < -0.4 is 10.6 Å². The molecule has 21 heavy (non-hydrogen) atoms. The molecule has 1 aliphatic rings. The van der Waals surface area contributed by atoms with Crippen LogP contribution in [0.4, 0.5) is 11.6 Å². The van der Waals surface area contributed by atoms with E-state index in [1.807, 2.05) is 6.92 Å². The summed E-state index contributed by atoms with van der Waals surface area (Å²) >= 11 is 0. The number of hydrogen-bond acceptors (Lipinski definition) is 4. The third-order valence-electron chi connectivity index (χ3n) is 4.87. The maximum Gasteiger partial charge on any atom is 0.134 e. The molecule has 4 nitrogen and oxygen atoms in total. The minimum absolute atomic E-state index is 0.543. The standard InChI is InChI=1S/C17H30N4/c1-6-10-18-16-12(4)17(20-13(5)19-16)21-15-9-8-14(7-2)11(15)3/h11,14-15H,6-10H2,1-5H3,(H2,18,19,20,21). The van der Waals surface area contributed by atoms with Gasteiger partial charge in [-0.05, 0) is 44.9 Å². The van der Waals surface area contributed by atoms with Gasteiger partial charge in [-0.25, -0.2) is 9.97 Å². The second-order valence-electron chi connectivity index (χ2n) is 6.38. The molecule has 118 valence electrons. The van der Waals surface area contributed by atoms with Gasteiger partial charge in [-0.2, -0.15) is 0 Å². The number of nitrogens with one attached hydrogen (secondary N) is 2. The number of anilines is 2. The second kappa shape index (κ2) is 7.10. The number of aromatic nitrogens is 2. The first kappa shape index (κ1) is 16.1. The fourth-order valence-electron chi connectivity index (χ4n) is 3.39. The van der Waals surface area contributed by atoms with Crippen LogP contribution >= 0.6 is 0 Å². The Balaban J connectivity index is 2.14. The Kier molecular flexibility index (Phi) is 5.43. The molecular weight excluding hydrogens is 260 g/mol. The number of hydrogen-bond donors (Lipinski definition) is 2. The number of nitrogens with zero attached hydrogens (tertiary/aromatic N) is 2. The summed E-state index contributed by atoms with van der Waals surface area (Å²) in [5.74, 6) is 4.39. The Bertz CT molecular complexity index is 472. The van der Waals surface area contributed by atoms with E-state index in [2.05, 4.69) is 48.3 Å². The quantitative estimate of drug-likeness (QED) is 0.826. The lowest BCUT2D eigenvalue weighted by Gasteiger charge is -2.23. The zero-order valence-electron chi connectivity index (χ0n) is 14.2. The topological polar surface area (TPSA) is 49.8 Å². The van der Waals surface area contributed by atoms with Crippen LogP contribution in [0.1, 0.15) is 57.8 Å². The molecule has 1 aromatic heterocycles. The molecule has 2 rings (SSSR count). The normalized spacial score (nSPS) is 25.1. The zero-order chi connectivity index (χ0) is 15.4. The Morgan fingerprint density at radius 2 is 1.81 bits per heavy atom. The van der Waals surface area contributed by atoms with Crippen LogP contribution in [0, 0.1) is 25.7 Å². The summed E-state index contributed by atoms with van der Waals surface area (Å²) in [6, 6.07) is 0.543. The Morgan fingerprint density at radius 1 is 1.10 bits per heavy atom. The molecule has 1 aliphatic carbocycles. The monoisotopic (exact) mass is 290 g/mol. The molecule has 1 saturated carbocycles. The summed E-state index contributed by atoms with van der Waals surface area (Å²) < 4.78 is 0. The Labute approximate surface area is 129 Å². The van der Waals surface area contributed by atoms with Gasteiger partial charge in [0.15, 0.2) is 0 Å². The van der Waals surface area contributed by atoms with E-state index in [4.69, 9.17) is 0 Å². The van der Waals surface area contributed by atoms with Gasteiger partial charge in [0.05, 0.1) is 0 Å². The molecule has 0 aromatic carbocycles. The maximum atomic E-state index is 4.63. The van der Waals surface area contributed by atoms with Crippen LogP contribution in [0.3, 0.4) is 0 Å². The van der Waals surface area contributed by atoms with Crippen molar-refractivity contribution in [3.63, 3.8) is 0 Å². The van der Waals surface area contributed by atoms with Gasteiger partial charge in [0, 0.05) is 18.2 Å². The van der Waals surface area contributed by atoms with Crippen LogP contribution in [-0.4, -0.2) is 22.6 Å². The molecule has 2 N–H and O–H groups in total. The summed E-state index contributed by atoms with van der Waals surface area (Å²) in [6.07, 6.45) is 4.97. The lowest BCUT2D eigenvalue weighted by Crippen LogP contribution is -2.26. The van der Waals surface area contributed by atoms with Gasteiger partial charge in [0.1, 0.15) is 17.5 Å². The van der Waals surface area contributed by atoms with Crippen molar-refractivity contribution in [1.82, 2.24) is 9.97 Å². The average molecular weight is 290 g/mol. The average Bonchev–Trinajstić information content (AvgIpc) is 2.81. The van der Waals surface area contributed by atoms with Gasteiger partial charge in [-0.15, -0.1) is 0 Å². The van der Waals surface area contributed by atoms with Gasteiger partial charge in [0.2, 0.25) is 0 Å². The van der Waals surface area contributed by atoms with E-state index >= 15 is 0 Å². The van der Waals surface area contributed by atoms with Crippen molar-refractivity contribution >= 4 is 11.6 Å². The van der Waals surface area contributed by atoms with Crippen molar-refractivity contribution in [1.29, 1.82) is 0 Å². The van der Waals surface area contributed by atoms with Gasteiger partial charge >= 0.3 is 0 Å². The van der Waals surface area contributed by atoms with Crippen molar-refractivity contribution in [3.8, 4) is 0 Å². The third-order valence-corrected chi connectivity index (χ3v) is 4.87. The minimum atomic E-state index is 0.543. The molecule has 0 bridgehead atoms. The van der Waals surface area contributed by atoms with E-state index in [1.165, 1.54) is 19.3 Å². The van der Waals surface area contributed by atoms with Crippen molar-refractivity contribution in [2.24, 2.45) is 11.8 Å². The molecular formula is C17H30N4. The van der Waals surface area contributed by atoms with E-state index in [0.717, 1.165) is 47.8 Å². The summed E-state index contributed by atoms with van der Waals surface area (Å²) in [5.41, 5.74) is 1.14. The molecule has 1 fully saturated rings. The molecule has 0 radical (unpaired) electrons. The fraction of sp³-hybridized carbons (Fsp3) is 0.765. The summed E-state index contributed by atoms with van der Waals surface area (Å²) in [4.78, 5) is 9.16. The molecule has 0 amide bonds. The number of rotatable bonds is 6. The van der Waals surface area contributed by atoms with E-state index < -0.39 is 0 Å². The summed E-state index contributed by atoms with van der Waals surface area (Å²) in [7, 11) is 0. The van der Waals surface area contributed by atoms with Crippen molar-refractivity contribution < 1.29 is 0 Å². The fourth-order valence-corrected chi connectivity index (χ4v) is 3.39. The first-order valence-corrected chi connectivity index (χ1v) is 8.42. The van der Waals surface area contributed by atoms with E-state index in [0.29, 0.717) is 6.04 Å². The molecule has 4 heteroatoms. The van der Waals surface area contributed by atoms with Gasteiger partial charge in [0.25, 0.3) is 0 Å². The van der Waals surface area contributed by atoms with Gasteiger partial charge in [-0.3, -0.25) is 0 Å². The SMILES string of the molecule is CCCNc1nc(C)nc(NC2CCC(CC)C2C)c1C. The van der Waals surface area contributed by atoms with Crippen LogP contribution in [0.5, 0.6) is 0 Å². The largest absolute Gasteiger partial charge is 0.370 e. The molecule has 3 atom stereocenters. The van der Waals surface area contributed by atoms with Crippen LogP contribution in [0.15, 0.2) is 0 Å². The Morgan fingerprint density at radius 3 is 2.43 bits per heavy atom. The highest BCUT2D eigenvalue weighted by atomic mass is 15.1. The first-order chi connectivity index (χ1) is 10.1. The molecule has 0 aliphatic heterocycles. The molecule has 0 saturated heterocycles. The first-order valence-electron chi connectivity index (χ1n) is 8.42. The van der Waals surface area contributed by atoms with Crippen molar-refractivity contribution in [3.05, 3.63) is 11.4 Å². The van der Waals surface area contributed by atoms with Gasteiger partial charge < -0.3 is 10.6 Å². The van der Waals surface area contributed by atoms with E-state index in [9.17, 15) is 0 Å². The predicted octanol–water partition coefficient (Wildman–Crippen LogP) is 4.15. The highest BCUT2D eigenvalue weighted by Gasteiger charge is 2.32. The van der Waals surface area contributed by atoms with Crippen molar-refractivity contribution in [2.75, 3.05) is 17.2 Å². The van der Waals surface area contributed by atoms with Crippen molar-refractivity contribution in [2.45, 2.75) is 66.3 Å². The zero-order valence-corrected chi connectivity index (χ0v) is 14.2. The van der Waals surface area contributed by atoms with Crippen LogP contribution in [-0.2, 0) is 0 Å². The summed E-state index contributed by atoms with van der Waals surface area (Å²) in [6.45, 7) is 11.9. The second-order valence-corrected chi connectivity index (χ2v) is 6.38. The third kappa shape index (κ3) is 3.66. The van der Waals surface area contributed by atoms with Crippen LogP contribution in [0.25, 0.3) is 0 Å². The smallest absolute Gasteiger partial charge is 0.134 e. The molecule has 3 unspecified atom stereocenters. The predicted molar refractivity (Wildman–Crippen MR) is 89.9 cm³/mol. The lowest BCUT2D eigenvalue weighted by molar-refractivity contribution is 0.391. The van der Waals surface area contributed by atoms with Crippen LogP contribution in [0.2, 0.25) is 0 Å². The van der Waals surface area contributed by atoms with E-state index in [-0.39, 0.29) is 0 Å².